The van der Waals surface area contributed by atoms with E-state index in [-0.39, 0.29) is 12.2 Å². The number of hydrogen-bond donors (Lipinski definition) is 4. The van der Waals surface area contributed by atoms with Crippen molar-refractivity contribution in [1.29, 1.82) is 0 Å². The van der Waals surface area contributed by atoms with Crippen molar-refractivity contribution in [3.8, 4) is 0 Å². The van der Waals surface area contributed by atoms with Crippen LogP contribution >= 0.6 is 15.9 Å². The van der Waals surface area contributed by atoms with Crippen LogP contribution in [0.4, 0.5) is 14.9 Å². The van der Waals surface area contributed by atoms with Gasteiger partial charge in [-0.25, -0.2) is 9.18 Å². The van der Waals surface area contributed by atoms with Gasteiger partial charge >= 0.3 is 12.0 Å². The molecule has 1 rings (SSSR count). The zero-order valence-electron chi connectivity index (χ0n) is 10.6. The van der Waals surface area contributed by atoms with Crippen molar-refractivity contribution in [3.05, 3.63) is 28.5 Å². The Balaban J connectivity index is 2.54. The van der Waals surface area contributed by atoms with Crippen LogP contribution in [0.3, 0.4) is 0 Å². The molecule has 6 nitrogen and oxygen atoms in total. The minimum atomic E-state index is -1.58. The number of carbonyl (C=O) groups is 2. The fourth-order valence-electron chi connectivity index (χ4n) is 1.42. The second-order valence-electron chi connectivity index (χ2n) is 4.50. The molecule has 0 saturated heterocycles. The molecule has 8 heteroatoms. The van der Waals surface area contributed by atoms with Crippen LogP contribution in [-0.4, -0.2) is 34.4 Å². The van der Waals surface area contributed by atoms with E-state index in [2.05, 4.69) is 26.6 Å². The van der Waals surface area contributed by atoms with Crippen molar-refractivity contribution in [1.82, 2.24) is 5.32 Å². The first-order chi connectivity index (χ1) is 9.19. The Labute approximate surface area is 123 Å². The lowest BCUT2D eigenvalue weighted by molar-refractivity contribution is -0.141. The van der Waals surface area contributed by atoms with E-state index in [1.165, 1.54) is 19.1 Å². The minimum absolute atomic E-state index is 0.0245. The van der Waals surface area contributed by atoms with Crippen LogP contribution in [0.25, 0.3) is 0 Å². The molecule has 2 amide bonds. The van der Waals surface area contributed by atoms with Crippen LogP contribution < -0.4 is 10.6 Å². The van der Waals surface area contributed by atoms with E-state index in [4.69, 9.17) is 5.11 Å². The standard InChI is InChI=1S/C12H14BrFN2O4/c1-12(20,5-10(17)18)6-15-11(19)16-9-3-2-7(13)4-8(9)14/h2-4,20H,5-6H2,1H3,(H,17,18)(H2,15,16,19). The molecule has 1 aromatic rings. The number of aliphatic carboxylic acids is 1. The highest BCUT2D eigenvalue weighted by molar-refractivity contribution is 9.10. The molecule has 0 bridgehead atoms. The Morgan fingerprint density at radius 2 is 2.10 bits per heavy atom. The molecule has 110 valence electrons. The maximum absolute atomic E-state index is 13.5. The highest BCUT2D eigenvalue weighted by atomic mass is 79.9. The quantitative estimate of drug-likeness (QED) is 0.653. The van der Waals surface area contributed by atoms with Gasteiger partial charge in [0.05, 0.1) is 17.7 Å². The maximum Gasteiger partial charge on any atom is 0.319 e. The van der Waals surface area contributed by atoms with Crippen LogP contribution in [0.2, 0.25) is 0 Å². The number of halogens is 2. The SMILES string of the molecule is CC(O)(CNC(=O)Nc1ccc(Br)cc1F)CC(=O)O. The van der Waals surface area contributed by atoms with Gasteiger partial charge in [0.15, 0.2) is 0 Å². The van der Waals surface area contributed by atoms with Crippen molar-refractivity contribution in [2.45, 2.75) is 18.9 Å². The van der Waals surface area contributed by atoms with E-state index >= 15 is 0 Å². The molecular formula is C12H14BrFN2O4. The third-order valence-corrected chi connectivity index (χ3v) is 2.83. The van der Waals surface area contributed by atoms with Crippen molar-refractivity contribution in [2.75, 3.05) is 11.9 Å². The monoisotopic (exact) mass is 348 g/mol. The first-order valence-electron chi connectivity index (χ1n) is 5.64. The molecule has 0 saturated carbocycles. The molecule has 0 fully saturated rings. The summed E-state index contributed by atoms with van der Waals surface area (Å²) in [5.41, 5.74) is -1.61. The Hall–Kier alpha value is -1.67. The van der Waals surface area contributed by atoms with Gasteiger partial charge in [0, 0.05) is 11.0 Å². The molecule has 0 aliphatic rings. The van der Waals surface area contributed by atoms with Gasteiger partial charge in [0.1, 0.15) is 5.82 Å². The average molecular weight is 349 g/mol. The van der Waals surface area contributed by atoms with Gasteiger partial charge in [0.25, 0.3) is 0 Å². The number of carboxylic acid groups (broad SMARTS) is 1. The van der Waals surface area contributed by atoms with Crippen molar-refractivity contribution < 1.29 is 24.2 Å². The third-order valence-electron chi connectivity index (χ3n) is 2.34. The fourth-order valence-corrected chi connectivity index (χ4v) is 1.75. The second-order valence-corrected chi connectivity index (χ2v) is 5.41. The van der Waals surface area contributed by atoms with Crippen molar-refractivity contribution >= 4 is 33.6 Å². The lowest BCUT2D eigenvalue weighted by Crippen LogP contribution is -2.43. The lowest BCUT2D eigenvalue weighted by Gasteiger charge is -2.21. The molecule has 4 N–H and O–H groups in total. The van der Waals surface area contributed by atoms with Crippen LogP contribution in [0, 0.1) is 5.82 Å². The van der Waals surface area contributed by atoms with Gasteiger partial charge < -0.3 is 20.8 Å². The summed E-state index contributed by atoms with van der Waals surface area (Å²) in [5.74, 6) is -1.80. The molecule has 0 radical (unpaired) electrons. The van der Waals surface area contributed by atoms with E-state index in [0.29, 0.717) is 4.47 Å². The topological polar surface area (TPSA) is 98.7 Å². The number of hydrogen-bond acceptors (Lipinski definition) is 3. The van der Waals surface area contributed by atoms with Gasteiger partial charge in [-0.1, -0.05) is 15.9 Å². The van der Waals surface area contributed by atoms with E-state index < -0.39 is 29.8 Å². The first kappa shape index (κ1) is 16.4. The largest absolute Gasteiger partial charge is 0.481 e. The summed E-state index contributed by atoms with van der Waals surface area (Å²) in [4.78, 5) is 22.0. The number of amides is 2. The number of carboxylic acids is 1. The highest BCUT2D eigenvalue weighted by Gasteiger charge is 2.24. The smallest absolute Gasteiger partial charge is 0.319 e. The van der Waals surface area contributed by atoms with Crippen LogP contribution in [0.15, 0.2) is 22.7 Å². The summed E-state index contributed by atoms with van der Waals surface area (Å²) in [6.45, 7) is 1.00. The van der Waals surface area contributed by atoms with Gasteiger partial charge in [-0.3, -0.25) is 4.79 Å². The summed E-state index contributed by atoms with van der Waals surface area (Å²) >= 11 is 3.09. The summed E-state index contributed by atoms with van der Waals surface area (Å²) in [6.07, 6.45) is -0.514. The Morgan fingerprint density at radius 3 is 2.65 bits per heavy atom. The van der Waals surface area contributed by atoms with Gasteiger partial charge in [0.2, 0.25) is 0 Å². The molecule has 0 heterocycles. The molecule has 1 aromatic carbocycles. The van der Waals surface area contributed by atoms with Crippen LogP contribution in [0.5, 0.6) is 0 Å². The van der Waals surface area contributed by atoms with Gasteiger partial charge in [-0.15, -0.1) is 0 Å². The minimum Gasteiger partial charge on any atom is -0.481 e. The molecule has 0 spiro atoms. The molecule has 0 aliphatic carbocycles. The van der Waals surface area contributed by atoms with Crippen molar-refractivity contribution in [3.63, 3.8) is 0 Å². The van der Waals surface area contributed by atoms with Crippen LogP contribution in [-0.2, 0) is 4.79 Å². The molecular weight excluding hydrogens is 335 g/mol. The fraction of sp³-hybridized carbons (Fsp3) is 0.333. The summed E-state index contributed by atoms with van der Waals surface area (Å²) in [7, 11) is 0. The first-order valence-corrected chi connectivity index (χ1v) is 6.43. The predicted octanol–water partition coefficient (Wildman–Crippen LogP) is 1.94. The number of rotatable bonds is 5. The van der Waals surface area contributed by atoms with Crippen molar-refractivity contribution in [2.24, 2.45) is 0 Å². The molecule has 20 heavy (non-hydrogen) atoms. The maximum atomic E-state index is 13.5. The summed E-state index contributed by atoms with van der Waals surface area (Å²) in [6, 6.07) is 3.38. The number of carbonyl (C=O) groups excluding carboxylic acids is 1. The van der Waals surface area contributed by atoms with E-state index in [1.54, 1.807) is 6.07 Å². The molecule has 1 atom stereocenters. The van der Waals surface area contributed by atoms with E-state index in [9.17, 15) is 19.1 Å². The number of nitrogens with one attached hydrogen (secondary N) is 2. The second kappa shape index (κ2) is 6.67. The lowest BCUT2D eigenvalue weighted by atomic mass is 10.0. The Morgan fingerprint density at radius 1 is 1.45 bits per heavy atom. The number of urea groups is 1. The van der Waals surface area contributed by atoms with Gasteiger partial charge in [-0.2, -0.15) is 0 Å². The molecule has 0 aliphatic heterocycles. The predicted molar refractivity (Wildman–Crippen MR) is 74.0 cm³/mol. The van der Waals surface area contributed by atoms with E-state index in [1.807, 2.05) is 0 Å². The zero-order valence-corrected chi connectivity index (χ0v) is 12.2. The number of aliphatic hydroxyl groups is 1. The van der Waals surface area contributed by atoms with Crippen LogP contribution in [0.1, 0.15) is 13.3 Å². The summed E-state index contributed by atoms with van der Waals surface area (Å²) in [5, 5.41) is 22.8. The Bertz CT molecular complexity index is 522. The normalized spacial score (nSPS) is 13.4. The number of benzene rings is 1. The highest BCUT2D eigenvalue weighted by Crippen LogP contribution is 2.19. The molecule has 0 aromatic heterocycles. The zero-order chi connectivity index (χ0) is 15.3. The van der Waals surface area contributed by atoms with E-state index in [0.717, 1.165) is 0 Å². The summed E-state index contributed by atoms with van der Waals surface area (Å²) < 4.78 is 14.0. The molecule has 1 unspecified atom stereocenters. The third kappa shape index (κ3) is 5.54. The Kier molecular flexibility index (Phi) is 5.46. The van der Waals surface area contributed by atoms with Gasteiger partial charge in [-0.05, 0) is 25.1 Å². The average Bonchev–Trinajstić information content (AvgIpc) is 2.29. The number of anilines is 1.